The lowest BCUT2D eigenvalue weighted by Crippen LogP contribution is -2.47. The summed E-state index contributed by atoms with van der Waals surface area (Å²) in [5.41, 5.74) is 1.35. The van der Waals surface area contributed by atoms with Crippen LogP contribution in [0, 0.1) is 5.92 Å². The molecule has 4 heterocycles. The molecule has 1 unspecified atom stereocenters. The zero-order valence-electron chi connectivity index (χ0n) is 24.2. The number of aromatic nitrogens is 2. The SMILES string of the molecule is O=C(O)C(F)(F)F.O=C(O)C(F)(F)F.O=C(O)C(F)(F)F.c1cncc(CN2CCC3(CC2)OCCC3CCOc2cccnc2)c1. The third-order valence-electron chi connectivity index (χ3n) is 6.53. The molecule has 2 fully saturated rings. The molecule has 0 aromatic carbocycles. The molecular formula is C27H30F9N3O8. The highest BCUT2D eigenvalue weighted by molar-refractivity contribution is 5.73. The van der Waals surface area contributed by atoms with Gasteiger partial charge in [0.05, 0.1) is 18.4 Å². The average Bonchev–Trinajstić information content (AvgIpc) is 3.36. The van der Waals surface area contributed by atoms with Crippen LogP contribution in [-0.4, -0.2) is 98.5 Å². The van der Waals surface area contributed by atoms with Crippen LogP contribution in [0.25, 0.3) is 0 Å². The van der Waals surface area contributed by atoms with Crippen LogP contribution >= 0.6 is 0 Å². The second-order valence-electron chi connectivity index (χ2n) is 9.77. The predicted octanol–water partition coefficient (Wildman–Crippen LogP) is 5.22. The molecule has 1 atom stereocenters. The van der Waals surface area contributed by atoms with Gasteiger partial charge in [-0.2, -0.15) is 39.5 Å². The number of likely N-dealkylation sites (tertiary alicyclic amines) is 1. The van der Waals surface area contributed by atoms with Gasteiger partial charge in [0.15, 0.2) is 0 Å². The van der Waals surface area contributed by atoms with E-state index in [0.29, 0.717) is 5.92 Å². The van der Waals surface area contributed by atoms with E-state index in [0.717, 1.165) is 64.3 Å². The summed E-state index contributed by atoms with van der Waals surface area (Å²) in [6.07, 6.45) is -3.47. The molecule has 2 aliphatic rings. The maximum Gasteiger partial charge on any atom is 0.490 e. The van der Waals surface area contributed by atoms with E-state index in [1.165, 1.54) is 5.56 Å². The molecule has 0 bridgehead atoms. The first-order chi connectivity index (χ1) is 21.7. The van der Waals surface area contributed by atoms with Crippen molar-refractivity contribution in [1.29, 1.82) is 0 Å². The molecular weight excluding hydrogens is 665 g/mol. The number of alkyl halides is 9. The number of hydrogen-bond donors (Lipinski definition) is 3. The normalized spacial score (nSPS) is 17.5. The molecule has 3 N–H and O–H groups in total. The molecule has 20 heteroatoms. The van der Waals surface area contributed by atoms with Crippen LogP contribution in [0.1, 0.15) is 31.2 Å². The summed E-state index contributed by atoms with van der Waals surface area (Å²) >= 11 is 0. The molecule has 2 saturated heterocycles. The summed E-state index contributed by atoms with van der Waals surface area (Å²) in [6.45, 7) is 4.80. The fourth-order valence-corrected chi connectivity index (χ4v) is 4.34. The second-order valence-corrected chi connectivity index (χ2v) is 9.77. The van der Waals surface area contributed by atoms with Crippen molar-refractivity contribution in [3.05, 3.63) is 54.6 Å². The van der Waals surface area contributed by atoms with Crippen molar-refractivity contribution in [2.75, 3.05) is 26.3 Å². The minimum Gasteiger partial charge on any atom is -0.492 e. The zero-order valence-corrected chi connectivity index (χ0v) is 24.2. The Morgan fingerprint density at radius 1 is 0.830 bits per heavy atom. The first kappa shape index (κ1) is 40.8. The Balaban J connectivity index is 0.000000430. The van der Waals surface area contributed by atoms with Crippen molar-refractivity contribution in [2.24, 2.45) is 5.92 Å². The highest BCUT2D eigenvalue weighted by Gasteiger charge is 2.46. The van der Waals surface area contributed by atoms with Gasteiger partial charge >= 0.3 is 36.4 Å². The van der Waals surface area contributed by atoms with E-state index in [4.69, 9.17) is 39.2 Å². The molecule has 2 aliphatic heterocycles. The summed E-state index contributed by atoms with van der Waals surface area (Å²) in [7, 11) is 0. The Kier molecular flexibility index (Phi) is 15.8. The average molecular weight is 696 g/mol. The van der Waals surface area contributed by atoms with Crippen molar-refractivity contribution in [1.82, 2.24) is 14.9 Å². The molecule has 2 aromatic heterocycles. The quantitative estimate of drug-likeness (QED) is 0.341. The van der Waals surface area contributed by atoms with Gasteiger partial charge in [-0.25, -0.2) is 14.4 Å². The monoisotopic (exact) mass is 695 g/mol. The van der Waals surface area contributed by atoms with E-state index in [2.05, 4.69) is 20.9 Å². The van der Waals surface area contributed by atoms with Gasteiger partial charge in [0.2, 0.25) is 0 Å². The van der Waals surface area contributed by atoms with E-state index in [1.807, 2.05) is 30.6 Å². The summed E-state index contributed by atoms with van der Waals surface area (Å²) < 4.78 is 107. The van der Waals surface area contributed by atoms with Crippen molar-refractivity contribution in [3.63, 3.8) is 0 Å². The molecule has 47 heavy (non-hydrogen) atoms. The topological polar surface area (TPSA) is 159 Å². The summed E-state index contributed by atoms with van der Waals surface area (Å²) in [4.78, 5) is 37.5. The van der Waals surface area contributed by atoms with Crippen LogP contribution in [0.2, 0.25) is 0 Å². The van der Waals surface area contributed by atoms with E-state index in [9.17, 15) is 39.5 Å². The van der Waals surface area contributed by atoms with Gasteiger partial charge in [-0.05, 0) is 55.4 Å². The number of hydrogen-bond acceptors (Lipinski definition) is 8. The number of pyridine rings is 2. The first-order valence-corrected chi connectivity index (χ1v) is 13.4. The number of carbonyl (C=O) groups is 3. The fraction of sp³-hybridized carbons (Fsp3) is 0.519. The number of nitrogens with zero attached hydrogens (tertiary/aromatic N) is 3. The molecule has 1 spiro atoms. The van der Waals surface area contributed by atoms with Crippen LogP contribution in [-0.2, 0) is 25.7 Å². The molecule has 264 valence electrons. The maximum absolute atomic E-state index is 10.6. The minimum absolute atomic E-state index is 0.0593. The highest BCUT2D eigenvalue weighted by Crippen LogP contribution is 2.42. The number of ether oxygens (including phenoxy) is 2. The van der Waals surface area contributed by atoms with E-state index in [1.54, 1.807) is 12.4 Å². The molecule has 0 saturated carbocycles. The van der Waals surface area contributed by atoms with Crippen LogP contribution in [0.5, 0.6) is 5.75 Å². The van der Waals surface area contributed by atoms with Crippen LogP contribution in [0.3, 0.4) is 0 Å². The second kappa shape index (κ2) is 18.2. The third kappa shape index (κ3) is 15.8. The molecule has 0 radical (unpaired) electrons. The summed E-state index contributed by atoms with van der Waals surface area (Å²) in [5, 5.41) is 21.4. The van der Waals surface area contributed by atoms with E-state index in [-0.39, 0.29) is 5.60 Å². The Bertz CT molecular complexity index is 1180. The fourth-order valence-electron chi connectivity index (χ4n) is 4.34. The van der Waals surface area contributed by atoms with Gasteiger partial charge in [-0.15, -0.1) is 0 Å². The number of piperidine rings is 1. The first-order valence-electron chi connectivity index (χ1n) is 13.4. The smallest absolute Gasteiger partial charge is 0.490 e. The van der Waals surface area contributed by atoms with E-state index >= 15 is 0 Å². The predicted molar refractivity (Wildman–Crippen MR) is 141 cm³/mol. The lowest BCUT2D eigenvalue weighted by Gasteiger charge is -2.42. The van der Waals surface area contributed by atoms with Gasteiger partial charge < -0.3 is 24.8 Å². The van der Waals surface area contributed by atoms with Crippen LogP contribution in [0.15, 0.2) is 49.1 Å². The summed E-state index contributed by atoms with van der Waals surface area (Å²) in [6, 6.07) is 8.04. The van der Waals surface area contributed by atoms with Crippen molar-refractivity contribution < 1.29 is 78.7 Å². The Morgan fingerprint density at radius 3 is 1.70 bits per heavy atom. The Morgan fingerprint density at radius 2 is 1.30 bits per heavy atom. The number of rotatable bonds is 6. The Hall–Kier alpha value is -4.20. The molecule has 11 nitrogen and oxygen atoms in total. The molecule has 0 aliphatic carbocycles. The molecule has 2 aromatic rings. The van der Waals surface area contributed by atoms with Crippen molar-refractivity contribution in [2.45, 2.75) is 56.4 Å². The largest absolute Gasteiger partial charge is 0.492 e. The van der Waals surface area contributed by atoms with Gasteiger partial charge in [-0.1, -0.05) is 6.07 Å². The maximum atomic E-state index is 10.6. The van der Waals surface area contributed by atoms with Crippen molar-refractivity contribution >= 4 is 17.9 Å². The van der Waals surface area contributed by atoms with E-state index < -0.39 is 36.4 Å². The highest BCUT2D eigenvalue weighted by atomic mass is 19.4. The van der Waals surface area contributed by atoms with Gasteiger partial charge in [0.25, 0.3) is 0 Å². The number of aliphatic carboxylic acids is 3. The summed E-state index contributed by atoms with van der Waals surface area (Å²) in [5.74, 6) is -6.82. The van der Waals surface area contributed by atoms with Crippen LogP contribution in [0.4, 0.5) is 39.5 Å². The molecule has 4 rings (SSSR count). The zero-order chi connectivity index (χ0) is 35.9. The van der Waals surface area contributed by atoms with Crippen molar-refractivity contribution in [3.8, 4) is 5.75 Å². The number of halogens is 9. The third-order valence-corrected chi connectivity index (χ3v) is 6.53. The number of carboxylic acid groups (broad SMARTS) is 3. The van der Waals surface area contributed by atoms with Gasteiger partial charge in [0, 0.05) is 44.8 Å². The molecule has 0 amide bonds. The van der Waals surface area contributed by atoms with Gasteiger partial charge in [0.1, 0.15) is 5.75 Å². The minimum atomic E-state index is -5.08. The van der Waals surface area contributed by atoms with Crippen LogP contribution < -0.4 is 4.74 Å². The lowest BCUT2D eigenvalue weighted by molar-refractivity contribution is -0.193. The Labute approximate surface area is 260 Å². The number of carboxylic acids is 3. The lowest BCUT2D eigenvalue weighted by atomic mass is 9.78. The standard InChI is InChI=1S/C21H27N3O2.3C2HF3O2/c1-3-18(15-22-9-1)17-24-11-7-21(8-12-24)19(6-14-26-21)5-13-25-20-4-2-10-23-16-20;3*3-2(4,5)1(6)7/h1-4,9-10,15-16,19H,5-8,11-14,17H2;3*(H,6,7). The van der Waals surface area contributed by atoms with Gasteiger partial charge in [-0.3, -0.25) is 14.9 Å².